The van der Waals surface area contributed by atoms with Crippen LogP contribution in [0.4, 0.5) is 5.69 Å². The van der Waals surface area contributed by atoms with E-state index in [1.165, 1.54) is 0 Å². The third kappa shape index (κ3) is 6.77. The van der Waals surface area contributed by atoms with Gasteiger partial charge in [-0.2, -0.15) is 0 Å². The first-order chi connectivity index (χ1) is 14.8. The van der Waals surface area contributed by atoms with Crippen LogP contribution >= 0.6 is 0 Å². The molecule has 172 valence electrons. The molecule has 1 aromatic rings. The number of hydrogen-bond donors (Lipinski definition) is 3. The number of ether oxygens (including phenoxy) is 1. The molecule has 1 fully saturated rings. The lowest BCUT2D eigenvalue weighted by atomic mass is 9.68. The van der Waals surface area contributed by atoms with Gasteiger partial charge in [0, 0.05) is 5.69 Å². The number of aliphatic hydroxyl groups excluding tert-OH is 1. The lowest BCUT2D eigenvalue weighted by Gasteiger charge is -2.38. The van der Waals surface area contributed by atoms with E-state index >= 15 is 0 Å². The van der Waals surface area contributed by atoms with Crippen molar-refractivity contribution in [2.24, 2.45) is 5.41 Å². The van der Waals surface area contributed by atoms with Crippen LogP contribution in [-0.4, -0.2) is 61.1 Å². The molecule has 1 aliphatic rings. The largest absolute Gasteiger partial charge is 0.465 e. The van der Waals surface area contributed by atoms with Gasteiger partial charge in [0.25, 0.3) is 0 Å². The van der Waals surface area contributed by atoms with Gasteiger partial charge in [-0.1, -0.05) is 18.6 Å². The van der Waals surface area contributed by atoms with E-state index in [4.69, 9.17) is 9.84 Å². The number of aliphatic hydroxyl groups is 1. The van der Waals surface area contributed by atoms with Crippen LogP contribution in [0.25, 0.3) is 0 Å². The molecule has 3 N–H and O–H groups in total. The Morgan fingerprint density at radius 1 is 1.16 bits per heavy atom. The van der Waals surface area contributed by atoms with Crippen molar-refractivity contribution in [1.29, 1.82) is 0 Å². The number of rotatable bonds is 12. The van der Waals surface area contributed by atoms with E-state index in [0.29, 0.717) is 24.9 Å². The number of esters is 1. The van der Waals surface area contributed by atoms with Gasteiger partial charge in [0.1, 0.15) is 11.5 Å². The molecule has 0 saturated heterocycles. The topological polar surface area (TPSA) is 108 Å². The number of nitrogens with zero attached hydrogens (tertiary/aromatic N) is 1. The van der Waals surface area contributed by atoms with Crippen LogP contribution in [0, 0.1) is 5.41 Å². The normalized spacial score (nSPS) is 15.6. The summed E-state index contributed by atoms with van der Waals surface area (Å²) in [6, 6.07) is 6.12. The predicted molar refractivity (Wildman–Crippen MR) is 118 cm³/mol. The lowest BCUT2D eigenvalue weighted by molar-refractivity contribution is -0.167. The predicted octanol–water partition coefficient (Wildman–Crippen LogP) is 2.07. The molecule has 2 amide bonds. The van der Waals surface area contributed by atoms with E-state index in [1.54, 1.807) is 31.2 Å². The number of unbranched alkanes of at least 4 members (excludes halogenated alkanes) is 1. The van der Waals surface area contributed by atoms with Crippen LogP contribution in [0.15, 0.2) is 24.3 Å². The highest BCUT2D eigenvalue weighted by Gasteiger charge is 2.52. The summed E-state index contributed by atoms with van der Waals surface area (Å²) in [5.41, 5.74) is 0.146. The SMILES string of the molecule is CCOC(=O)C1(C(=O)N[C@@H](CCCCN(C)C)C(=O)Nc2ccc(CO)cc2)CCC1. The van der Waals surface area contributed by atoms with Crippen molar-refractivity contribution >= 4 is 23.5 Å². The van der Waals surface area contributed by atoms with Crippen molar-refractivity contribution < 1.29 is 24.2 Å². The highest BCUT2D eigenvalue weighted by molar-refractivity contribution is 6.06. The molecule has 8 heteroatoms. The monoisotopic (exact) mass is 433 g/mol. The fraction of sp³-hybridized carbons (Fsp3) is 0.609. The third-order valence-electron chi connectivity index (χ3n) is 5.68. The third-order valence-corrected chi connectivity index (χ3v) is 5.68. The van der Waals surface area contributed by atoms with Crippen LogP contribution in [0.3, 0.4) is 0 Å². The van der Waals surface area contributed by atoms with E-state index in [2.05, 4.69) is 15.5 Å². The number of benzene rings is 1. The molecule has 31 heavy (non-hydrogen) atoms. The van der Waals surface area contributed by atoms with Crippen LogP contribution in [0.5, 0.6) is 0 Å². The van der Waals surface area contributed by atoms with Gasteiger partial charge < -0.3 is 25.4 Å². The first-order valence-corrected chi connectivity index (χ1v) is 11.0. The second kappa shape index (κ2) is 11.8. The van der Waals surface area contributed by atoms with Crippen LogP contribution in [0.1, 0.15) is 51.0 Å². The lowest BCUT2D eigenvalue weighted by Crippen LogP contribution is -2.56. The van der Waals surface area contributed by atoms with Crippen molar-refractivity contribution in [2.45, 2.75) is 58.1 Å². The van der Waals surface area contributed by atoms with Crippen molar-refractivity contribution in [2.75, 3.05) is 32.6 Å². The van der Waals surface area contributed by atoms with Gasteiger partial charge in [-0.3, -0.25) is 14.4 Å². The Morgan fingerprint density at radius 2 is 1.84 bits per heavy atom. The Bertz CT molecular complexity index is 744. The fourth-order valence-electron chi connectivity index (χ4n) is 3.59. The smallest absolute Gasteiger partial charge is 0.321 e. The Hall–Kier alpha value is -2.45. The van der Waals surface area contributed by atoms with E-state index in [-0.39, 0.29) is 19.1 Å². The summed E-state index contributed by atoms with van der Waals surface area (Å²) in [6.45, 7) is 2.74. The molecule has 1 saturated carbocycles. The van der Waals surface area contributed by atoms with Crippen molar-refractivity contribution in [3.63, 3.8) is 0 Å². The molecule has 1 aromatic carbocycles. The summed E-state index contributed by atoms with van der Waals surface area (Å²) in [5.74, 6) is -1.26. The molecule has 0 aliphatic heterocycles. The number of carbonyl (C=O) groups is 3. The molecule has 1 atom stereocenters. The van der Waals surface area contributed by atoms with E-state index in [0.717, 1.165) is 31.4 Å². The van der Waals surface area contributed by atoms with E-state index < -0.39 is 23.3 Å². The minimum Gasteiger partial charge on any atom is -0.465 e. The zero-order valence-electron chi connectivity index (χ0n) is 18.8. The summed E-state index contributed by atoms with van der Waals surface area (Å²) in [6.07, 6.45) is 3.78. The Balaban J connectivity index is 2.08. The highest BCUT2D eigenvalue weighted by Crippen LogP contribution is 2.42. The van der Waals surface area contributed by atoms with Gasteiger partial charge in [0.2, 0.25) is 11.8 Å². The van der Waals surface area contributed by atoms with Gasteiger partial charge in [-0.15, -0.1) is 0 Å². The molecular weight excluding hydrogens is 398 g/mol. The summed E-state index contributed by atoms with van der Waals surface area (Å²) in [7, 11) is 3.98. The van der Waals surface area contributed by atoms with Crippen molar-refractivity contribution in [3.05, 3.63) is 29.8 Å². The summed E-state index contributed by atoms with van der Waals surface area (Å²) >= 11 is 0. The van der Waals surface area contributed by atoms with Crippen LogP contribution < -0.4 is 10.6 Å². The van der Waals surface area contributed by atoms with Crippen LogP contribution in [-0.2, 0) is 25.7 Å². The molecule has 2 rings (SSSR count). The maximum Gasteiger partial charge on any atom is 0.321 e. The highest BCUT2D eigenvalue weighted by atomic mass is 16.5. The molecule has 0 spiro atoms. The number of hydrogen-bond acceptors (Lipinski definition) is 6. The average Bonchev–Trinajstić information content (AvgIpc) is 2.70. The number of anilines is 1. The number of carbonyl (C=O) groups excluding carboxylic acids is 3. The van der Waals surface area contributed by atoms with E-state index in [9.17, 15) is 14.4 Å². The molecule has 0 unspecified atom stereocenters. The molecular formula is C23H35N3O5. The second-order valence-corrected chi connectivity index (χ2v) is 8.33. The number of amides is 2. The van der Waals surface area contributed by atoms with Gasteiger partial charge in [-0.05, 0) is 77.4 Å². The molecule has 0 radical (unpaired) electrons. The van der Waals surface area contributed by atoms with Gasteiger partial charge in [0.15, 0.2) is 0 Å². The minimum atomic E-state index is -1.18. The van der Waals surface area contributed by atoms with Crippen molar-refractivity contribution in [1.82, 2.24) is 10.2 Å². The van der Waals surface area contributed by atoms with E-state index in [1.807, 2.05) is 14.1 Å². The Morgan fingerprint density at radius 3 is 2.35 bits per heavy atom. The van der Waals surface area contributed by atoms with Crippen molar-refractivity contribution in [3.8, 4) is 0 Å². The summed E-state index contributed by atoms with van der Waals surface area (Å²) in [5, 5.41) is 14.8. The second-order valence-electron chi connectivity index (χ2n) is 8.33. The summed E-state index contributed by atoms with van der Waals surface area (Å²) < 4.78 is 5.13. The zero-order chi connectivity index (χ0) is 22.9. The maximum atomic E-state index is 13.0. The fourth-order valence-corrected chi connectivity index (χ4v) is 3.59. The van der Waals surface area contributed by atoms with Gasteiger partial charge >= 0.3 is 5.97 Å². The van der Waals surface area contributed by atoms with Crippen LogP contribution in [0.2, 0.25) is 0 Å². The Labute approximate surface area is 184 Å². The number of nitrogens with one attached hydrogen (secondary N) is 2. The molecule has 1 aliphatic carbocycles. The first kappa shape index (κ1) is 24.8. The van der Waals surface area contributed by atoms with Gasteiger partial charge in [-0.25, -0.2) is 0 Å². The average molecular weight is 434 g/mol. The molecule has 0 aromatic heterocycles. The molecule has 0 heterocycles. The Kier molecular flexibility index (Phi) is 9.45. The molecule has 8 nitrogen and oxygen atoms in total. The summed E-state index contributed by atoms with van der Waals surface area (Å²) in [4.78, 5) is 40.5. The zero-order valence-corrected chi connectivity index (χ0v) is 18.8. The molecule has 0 bridgehead atoms. The quantitative estimate of drug-likeness (QED) is 0.265. The standard InChI is InChI=1S/C23H35N3O5/c1-4-31-22(30)23(13-7-14-23)21(29)25-19(8-5-6-15-26(2)3)20(28)24-18-11-9-17(16-27)10-12-18/h9-12,19,27H,4-8,13-16H2,1-3H3,(H,24,28)(H,25,29)/t19-/m0/s1. The maximum absolute atomic E-state index is 13.0. The first-order valence-electron chi connectivity index (χ1n) is 11.0. The van der Waals surface area contributed by atoms with Gasteiger partial charge in [0.05, 0.1) is 13.2 Å². The minimum absolute atomic E-state index is 0.0747.